The summed E-state index contributed by atoms with van der Waals surface area (Å²) in [4.78, 5) is 36.1. The van der Waals surface area contributed by atoms with Crippen molar-refractivity contribution in [1.29, 1.82) is 0 Å². The number of hydrogen-bond acceptors (Lipinski definition) is 13. The molecule has 0 saturated heterocycles. The molecule has 2 aliphatic heterocycles. The molecule has 0 bridgehead atoms. The van der Waals surface area contributed by atoms with E-state index in [1.54, 1.807) is 29.7 Å². The first-order valence-electron chi connectivity index (χ1n) is 21.5. The van der Waals surface area contributed by atoms with Crippen LogP contribution >= 0.6 is 22.9 Å². The van der Waals surface area contributed by atoms with E-state index in [9.17, 15) is 9.59 Å². The van der Waals surface area contributed by atoms with E-state index < -0.39 is 6.04 Å². The van der Waals surface area contributed by atoms with Gasteiger partial charge in [-0.15, -0.1) is 21.5 Å². The largest absolute Gasteiger partial charge is 0.491 e. The zero-order chi connectivity index (χ0) is 45.1. The first-order valence-corrected chi connectivity index (χ1v) is 22.7. The molecule has 3 aromatic heterocycles. The average Bonchev–Trinajstić information content (AvgIpc) is 3.94. The molecule has 15 nitrogen and oxygen atoms in total. The number of benzene rings is 3. The van der Waals surface area contributed by atoms with E-state index in [1.165, 1.54) is 4.88 Å². The van der Waals surface area contributed by atoms with E-state index in [4.69, 9.17) is 40.3 Å². The number of aliphatic imine (C=N–C) groups is 1. The van der Waals surface area contributed by atoms with Crippen molar-refractivity contribution in [3.63, 3.8) is 0 Å². The van der Waals surface area contributed by atoms with Crippen molar-refractivity contribution in [2.45, 2.75) is 39.7 Å². The molecule has 1 atom stereocenters. The van der Waals surface area contributed by atoms with E-state index in [2.05, 4.69) is 45.0 Å². The van der Waals surface area contributed by atoms with Crippen molar-refractivity contribution < 1.29 is 33.3 Å². The minimum absolute atomic E-state index is 0.0156. The number of anilines is 3. The predicted octanol–water partition coefficient (Wildman–Crippen LogP) is 7.94. The van der Waals surface area contributed by atoms with Crippen LogP contribution in [-0.4, -0.2) is 103 Å². The number of fused-ring (bicyclic) bond motifs is 4. The summed E-state index contributed by atoms with van der Waals surface area (Å²) in [6.45, 7) is 10.7. The van der Waals surface area contributed by atoms with Gasteiger partial charge in [0, 0.05) is 50.7 Å². The molecule has 0 fully saturated rings. The topological polar surface area (TPSA) is 172 Å². The Balaban J connectivity index is 0.680. The van der Waals surface area contributed by atoms with Gasteiger partial charge in [-0.25, -0.2) is 4.98 Å². The van der Waals surface area contributed by atoms with Crippen LogP contribution < -0.4 is 20.7 Å². The fourth-order valence-corrected chi connectivity index (χ4v) is 8.89. The summed E-state index contributed by atoms with van der Waals surface area (Å²) in [7, 11) is 0. The van der Waals surface area contributed by atoms with Gasteiger partial charge in [0.25, 0.3) is 0 Å². The minimum atomic E-state index is -0.571. The lowest BCUT2D eigenvalue weighted by Crippen LogP contribution is -2.17. The van der Waals surface area contributed by atoms with Gasteiger partial charge in [-0.1, -0.05) is 29.8 Å². The minimum Gasteiger partial charge on any atom is -0.491 e. The highest BCUT2D eigenvalue weighted by Gasteiger charge is 2.32. The smallest absolute Gasteiger partial charge is 0.228 e. The number of rotatable bonds is 22. The molecule has 0 spiro atoms. The molecule has 3 N–H and O–H groups in total. The number of amides is 2. The number of nitrogens with zero attached hydrogens (tertiary/aromatic N) is 5. The van der Waals surface area contributed by atoms with Gasteiger partial charge < -0.3 is 39.6 Å². The molecular formula is C48H51ClN8O7S. The second kappa shape index (κ2) is 21.8. The monoisotopic (exact) mass is 918 g/mol. The molecule has 2 amide bonds. The van der Waals surface area contributed by atoms with Crippen LogP contribution in [0.15, 0.2) is 90.1 Å². The van der Waals surface area contributed by atoms with Crippen LogP contribution in [0.3, 0.4) is 0 Å². The van der Waals surface area contributed by atoms with Crippen LogP contribution in [-0.2, 0) is 35.0 Å². The van der Waals surface area contributed by atoms with Crippen LogP contribution in [0.25, 0.3) is 16.1 Å². The van der Waals surface area contributed by atoms with E-state index in [0.29, 0.717) is 94.7 Å². The Morgan fingerprint density at radius 3 is 2.28 bits per heavy atom. The Morgan fingerprint density at radius 1 is 0.846 bits per heavy atom. The summed E-state index contributed by atoms with van der Waals surface area (Å²) < 4.78 is 30.5. The van der Waals surface area contributed by atoms with Crippen molar-refractivity contribution in [2.24, 2.45) is 4.99 Å². The normalized spacial score (nSPS) is 13.9. The lowest BCUT2D eigenvalue weighted by atomic mass is 9.99. The van der Waals surface area contributed by atoms with Crippen LogP contribution in [0.4, 0.5) is 17.2 Å². The third-order valence-electron chi connectivity index (χ3n) is 10.9. The fourth-order valence-electron chi connectivity index (χ4n) is 7.55. The second-order valence-electron chi connectivity index (χ2n) is 15.4. The predicted molar refractivity (Wildman–Crippen MR) is 252 cm³/mol. The standard InChI is InChI=1S/C48H51ClN8O7S/c1-30-31(2)65-48-44(30)45(33-6-9-36(49)10-7-33)54-41(47-56-55-32(3)57(47)48)29-43(59)52-37-11-13-38(14-12-37)64-26-25-63-24-23-62-22-21-61-20-19-60-18-17-51-46-39(5-4-16-50-46)34-8-15-40-35(27-34)28-42(58)53-40/h4-16,27,41H,17-26,28-29H2,1-3H3,(H,50,51)(H,52,59)(H,53,58). The number of ether oxygens (including phenoxy) is 5. The SMILES string of the molecule is Cc1sc2c(c1C)C(c1ccc(Cl)cc1)=NC(CC(=O)Nc1ccc(OCCOCCOCCOCCOCCNc3ncccc3-c3ccc4c(c3)CC(=O)N4)cc1)c1nnc(C)n1-2. The Labute approximate surface area is 386 Å². The van der Waals surface area contributed by atoms with Gasteiger partial charge in [-0.2, -0.15) is 0 Å². The average molecular weight is 920 g/mol. The van der Waals surface area contributed by atoms with Crippen molar-refractivity contribution in [3.05, 3.63) is 129 Å². The quantitative estimate of drug-likeness (QED) is 0.0565. The second-order valence-corrected chi connectivity index (χ2v) is 17.0. The van der Waals surface area contributed by atoms with Gasteiger partial charge in [0.15, 0.2) is 5.82 Å². The number of carbonyl (C=O) groups excluding carboxylic acids is 2. The number of halogens is 1. The van der Waals surface area contributed by atoms with Gasteiger partial charge in [0.2, 0.25) is 11.8 Å². The zero-order valence-corrected chi connectivity index (χ0v) is 38.1. The Hall–Kier alpha value is -6.01. The van der Waals surface area contributed by atoms with Crippen LogP contribution in [0.1, 0.15) is 51.2 Å². The third-order valence-corrected chi connectivity index (χ3v) is 12.3. The highest BCUT2D eigenvalue weighted by atomic mass is 35.5. The van der Waals surface area contributed by atoms with E-state index in [0.717, 1.165) is 61.4 Å². The molecule has 17 heteroatoms. The van der Waals surface area contributed by atoms with Gasteiger partial charge in [-0.05, 0) is 98.1 Å². The number of carbonyl (C=O) groups is 2. The Kier molecular flexibility index (Phi) is 15.3. The molecule has 0 aliphatic carbocycles. The third kappa shape index (κ3) is 11.5. The zero-order valence-electron chi connectivity index (χ0n) is 36.5. The summed E-state index contributed by atoms with van der Waals surface area (Å²) in [6, 6.07) is 24.2. The van der Waals surface area contributed by atoms with Gasteiger partial charge in [-0.3, -0.25) is 19.1 Å². The van der Waals surface area contributed by atoms with Crippen molar-refractivity contribution in [1.82, 2.24) is 19.7 Å². The molecule has 6 aromatic rings. The highest BCUT2D eigenvalue weighted by molar-refractivity contribution is 7.15. The highest BCUT2D eigenvalue weighted by Crippen LogP contribution is 2.40. The number of hydrogen-bond donors (Lipinski definition) is 3. The maximum atomic E-state index is 13.5. The van der Waals surface area contributed by atoms with Crippen LogP contribution in [0.5, 0.6) is 5.75 Å². The van der Waals surface area contributed by atoms with Gasteiger partial charge >= 0.3 is 0 Å². The summed E-state index contributed by atoms with van der Waals surface area (Å²) in [5, 5.41) is 19.8. The number of pyridine rings is 1. The molecule has 8 rings (SSSR count). The number of aryl methyl sites for hydroxylation is 2. The van der Waals surface area contributed by atoms with E-state index in [-0.39, 0.29) is 18.2 Å². The molecule has 2 aliphatic rings. The number of nitrogens with one attached hydrogen (secondary N) is 3. The molecular weight excluding hydrogens is 868 g/mol. The molecule has 3 aromatic carbocycles. The first-order chi connectivity index (χ1) is 31.7. The van der Waals surface area contributed by atoms with Crippen LogP contribution in [0, 0.1) is 20.8 Å². The van der Waals surface area contributed by atoms with E-state index >= 15 is 0 Å². The van der Waals surface area contributed by atoms with Crippen molar-refractivity contribution >= 4 is 57.7 Å². The summed E-state index contributed by atoms with van der Waals surface area (Å²) in [5.74, 6) is 2.60. The number of aromatic nitrogens is 4. The number of thiophene rings is 1. The molecule has 65 heavy (non-hydrogen) atoms. The molecule has 1 unspecified atom stereocenters. The summed E-state index contributed by atoms with van der Waals surface area (Å²) >= 11 is 7.91. The summed E-state index contributed by atoms with van der Waals surface area (Å²) in [6.07, 6.45) is 2.21. The van der Waals surface area contributed by atoms with Crippen LogP contribution in [0.2, 0.25) is 5.02 Å². The summed E-state index contributed by atoms with van der Waals surface area (Å²) in [5.41, 5.74) is 8.34. The molecule has 5 heterocycles. The van der Waals surface area contributed by atoms with Crippen molar-refractivity contribution in [2.75, 3.05) is 82.0 Å². The molecule has 0 radical (unpaired) electrons. The lowest BCUT2D eigenvalue weighted by molar-refractivity contribution is -0.117. The van der Waals surface area contributed by atoms with Crippen molar-refractivity contribution in [3.8, 4) is 21.9 Å². The first kappa shape index (κ1) is 45.6. The maximum Gasteiger partial charge on any atom is 0.228 e. The lowest BCUT2D eigenvalue weighted by Gasteiger charge is -2.13. The molecule has 0 saturated carbocycles. The van der Waals surface area contributed by atoms with E-state index in [1.807, 2.05) is 78.2 Å². The van der Waals surface area contributed by atoms with Gasteiger partial charge in [0.05, 0.1) is 71.4 Å². The maximum absolute atomic E-state index is 13.5. The Morgan fingerprint density at radius 2 is 1.54 bits per heavy atom. The Bertz CT molecular complexity index is 2630. The van der Waals surface area contributed by atoms with Gasteiger partial charge in [0.1, 0.15) is 35.0 Å². The molecule has 338 valence electrons. The fraction of sp³-hybridized carbons (Fsp3) is 0.333.